The van der Waals surface area contributed by atoms with Gasteiger partial charge in [0.25, 0.3) is 0 Å². The molecule has 1 saturated heterocycles. The van der Waals surface area contributed by atoms with Crippen LogP contribution >= 0.6 is 0 Å². The molecule has 0 bridgehead atoms. The summed E-state index contributed by atoms with van der Waals surface area (Å²) in [5, 5.41) is 13.8. The molecule has 4 nitrogen and oxygen atoms in total. The minimum Gasteiger partial charge on any atom is -0.506 e. The minimum absolute atomic E-state index is 0.0591. The highest BCUT2D eigenvalue weighted by Gasteiger charge is 2.24. The number of phenols is 1. The lowest BCUT2D eigenvalue weighted by Gasteiger charge is -2.26. The van der Waals surface area contributed by atoms with Gasteiger partial charge in [0.15, 0.2) is 9.84 Å². The maximum Gasteiger partial charge on any atom is 0.179 e. The molecule has 2 N–H and O–H groups in total. The van der Waals surface area contributed by atoms with Gasteiger partial charge in [0, 0.05) is 6.26 Å². The average molecular weight is 325 g/mol. The van der Waals surface area contributed by atoms with Crippen LogP contribution in [0, 0.1) is 5.92 Å². The summed E-state index contributed by atoms with van der Waals surface area (Å²) in [7, 11) is -3.44. The number of piperidine rings is 1. The van der Waals surface area contributed by atoms with Crippen molar-refractivity contribution in [1.82, 2.24) is 5.32 Å². The number of nitrogens with one attached hydrogen (secondary N) is 1. The lowest BCUT2D eigenvalue weighted by Crippen LogP contribution is -2.28. The molecule has 2 rings (SSSR count). The molecular weight excluding hydrogens is 298 g/mol. The van der Waals surface area contributed by atoms with E-state index in [1.807, 2.05) is 6.07 Å². The molecule has 1 heterocycles. The zero-order valence-corrected chi connectivity index (χ0v) is 14.8. The third kappa shape index (κ3) is 4.02. The van der Waals surface area contributed by atoms with Gasteiger partial charge in [-0.25, -0.2) is 8.42 Å². The summed E-state index contributed by atoms with van der Waals surface area (Å²) in [6.45, 7) is 8.14. The van der Waals surface area contributed by atoms with Gasteiger partial charge in [-0.1, -0.05) is 26.8 Å². The number of benzene rings is 1. The van der Waals surface area contributed by atoms with Gasteiger partial charge in [0.05, 0.1) is 0 Å². The van der Waals surface area contributed by atoms with Crippen molar-refractivity contribution in [3.05, 3.63) is 23.3 Å². The Balaban J connectivity index is 2.47. The van der Waals surface area contributed by atoms with Gasteiger partial charge >= 0.3 is 0 Å². The van der Waals surface area contributed by atoms with E-state index in [9.17, 15) is 13.5 Å². The van der Waals surface area contributed by atoms with Gasteiger partial charge in [-0.05, 0) is 60.9 Å². The van der Waals surface area contributed by atoms with E-state index in [4.69, 9.17) is 0 Å². The van der Waals surface area contributed by atoms with Crippen molar-refractivity contribution in [2.45, 2.75) is 50.3 Å². The van der Waals surface area contributed by atoms with Crippen LogP contribution in [0.2, 0.25) is 0 Å². The fourth-order valence-corrected chi connectivity index (χ4v) is 3.76. The first kappa shape index (κ1) is 17.3. The second-order valence-corrected chi connectivity index (χ2v) is 9.39. The smallest absolute Gasteiger partial charge is 0.179 e. The normalized spacial score (nSPS) is 17.6. The van der Waals surface area contributed by atoms with E-state index in [2.05, 4.69) is 26.1 Å². The number of hydrogen-bond acceptors (Lipinski definition) is 4. The maximum atomic E-state index is 12.0. The van der Waals surface area contributed by atoms with Crippen molar-refractivity contribution in [3.63, 3.8) is 0 Å². The predicted molar refractivity (Wildman–Crippen MR) is 89.2 cm³/mol. The van der Waals surface area contributed by atoms with Gasteiger partial charge in [-0.15, -0.1) is 0 Å². The molecule has 22 heavy (non-hydrogen) atoms. The highest BCUT2D eigenvalue weighted by Crippen LogP contribution is 2.35. The number of sulfone groups is 1. The quantitative estimate of drug-likeness (QED) is 0.896. The van der Waals surface area contributed by atoms with Crippen LogP contribution < -0.4 is 5.32 Å². The molecule has 1 aliphatic rings. The predicted octanol–water partition coefficient (Wildman–Crippen LogP) is 2.64. The SMILES string of the molecule is CC(C)(C)c1cc(CC2CCNCC2)c(O)c(S(C)(=O)=O)c1. The molecule has 1 aliphatic heterocycles. The van der Waals surface area contributed by atoms with Crippen LogP contribution in [0.5, 0.6) is 5.75 Å². The fourth-order valence-electron chi connectivity index (χ4n) is 2.93. The first-order valence-corrected chi connectivity index (χ1v) is 9.75. The van der Waals surface area contributed by atoms with Crippen molar-refractivity contribution < 1.29 is 13.5 Å². The molecule has 124 valence electrons. The topological polar surface area (TPSA) is 66.4 Å². The lowest BCUT2D eigenvalue weighted by atomic mass is 9.83. The second-order valence-electron chi connectivity index (χ2n) is 7.40. The maximum absolute atomic E-state index is 12.0. The van der Waals surface area contributed by atoms with Gasteiger partial charge in [0.2, 0.25) is 0 Å². The first-order chi connectivity index (χ1) is 10.1. The average Bonchev–Trinajstić information content (AvgIpc) is 2.39. The summed E-state index contributed by atoms with van der Waals surface area (Å²) in [4.78, 5) is 0.0591. The van der Waals surface area contributed by atoms with E-state index >= 15 is 0 Å². The molecule has 1 fully saturated rings. The molecule has 0 atom stereocenters. The first-order valence-electron chi connectivity index (χ1n) is 7.86. The summed E-state index contributed by atoms with van der Waals surface area (Å²) in [6.07, 6.45) is 4.02. The molecule has 0 spiro atoms. The standard InChI is InChI=1S/C17H27NO3S/c1-17(2,3)14-10-13(9-12-5-7-18-8-6-12)16(19)15(11-14)22(4,20)21/h10-12,18-19H,5-9H2,1-4H3. The molecule has 0 radical (unpaired) electrons. The van der Waals surface area contributed by atoms with Crippen LogP contribution in [-0.4, -0.2) is 32.9 Å². The largest absolute Gasteiger partial charge is 0.506 e. The Hall–Kier alpha value is -1.07. The van der Waals surface area contributed by atoms with Crippen LogP contribution in [0.3, 0.4) is 0 Å². The molecule has 0 saturated carbocycles. The van der Waals surface area contributed by atoms with Gasteiger partial charge in [0.1, 0.15) is 10.6 Å². The second kappa shape index (κ2) is 6.20. The van der Waals surface area contributed by atoms with E-state index in [-0.39, 0.29) is 16.1 Å². The summed E-state index contributed by atoms with van der Waals surface area (Å²) >= 11 is 0. The van der Waals surface area contributed by atoms with Crippen molar-refractivity contribution >= 4 is 9.84 Å². The zero-order chi connectivity index (χ0) is 16.5. The van der Waals surface area contributed by atoms with Gasteiger partial charge in [-0.2, -0.15) is 0 Å². The Morgan fingerprint density at radius 1 is 1.23 bits per heavy atom. The molecule has 1 aromatic carbocycles. The Bertz CT molecular complexity index is 639. The summed E-state index contributed by atoms with van der Waals surface area (Å²) in [6, 6.07) is 3.60. The molecule has 0 aliphatic carbocycles. The van der Waals surface area contributed by atoms with Crippen LogP contribution in [0.1, 0.15) is 44.7 Å². The molecule has 0 unspecified atom stereocenters. The Labute approximate surface area is 133 Å². The zero-order valence-electron chi connectivity index (χ0n) is 13.9. The van der Waals surface area contributed by atoms with E-state index in [1.54, 1.807) is 6.07 Å². The van der Waals surface area contributed by atoms with Crippen LogP contribution in [0.4, 0.5) is 0 Å². The monoisotopic (exact) mass is 325 g/mol. The molecular formula is C17H27NO3S. The third-order valence-corrected chi connectivity index (χ3v) is 5.50. The van der Waals surface area contributed by atoms with Crippen molar-refractivity contribution in [2.24, 2.45) is 5.92 Å². The van der Waals surface area contributed by atoms with Crippen LogP contribution in [-0.2, 0) is 21.7 Å². The highest BCUT2D eigenvalue weighted by atomic mass is 32.2. The van der Waals surface area contributed by atoms with Gasteiger partial charge in [-0.3, -0.25) is 0 Å². The Kier molecular flexibility index (Phi) is 4.87. The molecule has 1 aromatic rings. The summed E-state index contributed by atoms with van der Waals surface area (Å²) in [5.74, 6) is 0.434. The summed E-state index contributed by atoms with van der Waals surface area (Å²) in [5.41, 5.74) is 1.56. The van der Waals surface area contributed by atoms with E-state index in [0.29, 0.717) is 5.92 Å². The number of phenolic OH excluding ortho intramolecular Hbond substituents is 1. The highest BCUT2D eigenvalue weighted by molar-refractivity contribution is 7.90. The number of hydrogen-bond donors (Lipinski definition) is 2. The minimum atomic E-state index is -3.44. The number of rotatable bonds is 3. The van der Waals surface area contributed by atoms with E-state index in [1.165, 1.54) is 0 Å². The Morgan fingerprint density at radius 3 is 2.32 bits per heavy atom. The molecule has 5 heteroatoms. The number of aromatic hydroxyl groups is 1. The molecule has 0 aromatic heterocycles. The summed E-state index contributed by atoms with van der Waals surface area (Å²) < 4.78 is 24.0. The van der Waals surface area contributed by atoms with Crippen molar-refractivity contribution in [3.8, 4) is 5.75 Å². The third-order valence-electron chi connectivity index (χ3n) is 4.39. The molecule has 0 amide bonds. The van der Waals surface area contributed by atoms with Gasteiger partial charge < -0.3 is 10.4 Å². The van der Waals surface area contributed by atoms with E-state index in [0.717, 1.165) is 49.7 Å². The van der Waals surface area contributed by atoms with E-state index < -0.39 is 9.84 Å². The Morgan fingerprint density at radius 2 is 1.82 bits per heavy atom. The van der Waals surface area contributed by atoms with Crippen LogP contribution in [0.25, 0.3) is 0 Å². The van der Waals surface area contributed by atoms with Crippen molar-refractivity contribution in [2.75, 3.05) is 19.3 Å². The lowest BCUT2D eigenvalue weighted by molar-refractivity contribution is 0.364. The van der Waals surface area contributed by atoms with Crippen molar-refractivity contribution in [1.29, 1.82) is 0 Å². The van der Waals surface area contributed by atoms with Crippen LogP contribution in [0.15, 0.2) is 17.0 Å². The fraction of sp³-hybridized carbons (Fsp3) is 0.647.